The fraction of sp³-hybridized carbons (Fsp3) is 0.273. The first-order chi connectivity index (χ1) is 7.36. The minimum Gasteiger partial charge on any atom is -0.370 e. The summed E-state index contributed by atoms with van der Waals surface area (Å²) < 4.78 is 1.89. The largest absolute Gasteiger partial charge is 0.370 e. The van der Waals surface area contributed by atoms with Crippen molar-refractivity contribution in [3.8, 4) is 0 Å². The van der Waals surface area contributed by atoms with Crippen molar-refractivity contribution in [1.29, 1.82) is 0 Å². The van der Waals surface area contributed by atoms with Crippen LogP contribution in [0.4, 0.5) is 5.82 Å². The van der Waals surface area contributed by atoms with E-state index in [2.05, 4.69) is 15.4 Å². The molecule has 2 aromatic rings. The molecular weight excluding hydrogens is 188 g/mol. The lowest BCUT2D eigenvalue weighted by Crippen LogP contribution is -2.08. The highest BCUT2D eigenvalue weighted by Gasteiger charge is 1.97. The first kappa shape index (κ1) is 9.71. The van der Waals surface area contributed by atoms with Crippen LogP contribution >= 0.6 is 0 Å². The smallest absolute Gasteiger partial charge is 0.125 e. The van der Waals surface area contributed by atoms with Gasteiger partial charge in [0.15, 0.2) is 0 Å². The van der Waals surface area contributed by atoms with E-state index in [1.807, 2.05) is 42.2 Å². The van der Waals surface area contributed by atoms with Gasteiger partial charge >= 0.3 is 0 Å². The molecule has 0 aliphatic heterocycles. The number of aryl methyl sites for hydroxylation is 1. The van der Waals surface area contributed by atoms with E-state index in [1.165, 1.54) is 5.69 Å². The molecule has 0 radical (unpaired) electrons. The van der Waals surface area contributed by atoms with Gasteiger partial charge in [-0.2, -0.15) is 5.10 Å². The molecule has 0 atom stereocenters. The normalized spacial score (nSPS) is 10.2. The maximum Gasteiger partial charge on any atom is 0.125 e. The molecule has 15 heavy (non-hydrogen) atoms. The lowest BCUT2D eigenvalue weighted by atomic mass is 10.3. The molecule has 2 heterocycles. The molecule has 4 heteroatoms. The average molecular weight is 202 g/mol. The predicted octanol–water partition coefficient (Wildman–Crippen LogP) is 1.47. The van der Waals surface area contributed by atoms with Crippen LogP contribution in [0, 0.1) is 0 Å². The zero-order chi connectivity index (χ0) is 10.5. The van der Waals surface area contributed by atoms with Crippen LogP contribution < -0.4 is 5.32 Å². The molecule has 0 bridgehead atoms. The van der Waals surface area contributed by atoms with Crippen molar-refractivity contribution in [2.24, 2.45) is 7.05 Å². The summed E-state index contributed by atoms with van der Waals surface area (Å²) in [5.41, 5.74) is 1.22. The van der Waals surface area contributed by atoms with Crippen LogP contribution in [0.15, 0.2) is 36.7 Å². The third-order valence-electron chi connectivity index (χ3n) is 2.27. The molecule has 0 unspecified atom stereocenters. The Hall–Kier alpha value is -1.84. The Bertz CT molecular complexity index is 408. The molecule has 0 aliphatic carbocycles. The molecular formula is C11H14N4. The monoisotopic (exact) mass is 202 g/mol. The van der Waals surface area contributed by atoms with Crippen LogP contribution in [0.5, 0.6) is 0 Å². The second-order valence-corrected chi connectivity index (χ2v) is 3.34. The molecule has 1 N–H and O–H groups in total. The maximum atomic E-state index is 4.19. The highest BCUT2D eigenvalue weighted by atomic mass is 15.3. The van der Waals surface area contributed by atoms with Crippen LogP contribution in [0.25, 0.3) is 0 Å². The van der Waals surface area contributed by atoms with Crippen molar-refractivity contribution < 1.29 is 0 Å². The van der Waals surface area contributed by atoms with Gasteiger partial charge in [0.25, 0.3) is 0 Å². The zero-order valence-corrected chi connectivity index (χ0v) is 8.72. The minimum absolute atomic E-state index is 0.872. The third-order valence-corrected chi connectivity index (χ3v) is 2.27. The molecule has 2 rings (SSSR count). The van der Waals surface area contributed by atoms with Crippen molar-refractivity contribution in [2.45, 2.75) is 6.42 Å². The van der Waals surface area contributed by atoms with Crippen molar-refractivity contribution >= 4 is 5.82 Å². The lowest BCUT2D eigenvalue weighted by Gasteiger charge is -2.05. The summed E-state index contributed by atoms with van der Waals surface area (Å²) >= 11 is 0. The van der Waals surface area contributed by atoms with Crippen molar-refractivity contribution in [1.82, 2.24) is 14.8 Å². The maximum absolute atomic E-state index is 4.19. The van der Waals surface area contributed by atoms with Crippen molar-refractivity contribution in [2.75, 3.05) is 11.9 Å². The standard InChI is InChI=1S/C11H14N4/c1-15-10(6-9-14-15)5-8-13-11-4-2-3-7-12-11/h2-4,6-7,9H,5,8H2,1H3,(H,12,13). The van der Waals surface area contributed by atoms with Gasteiger partial charge in [-0.15, -0.1) is 0 Å². The van der Waals surface area contributed by atoms with Gasteiger partial charge in [0.1, 0.15) is 5.82 Å². The number of rotatable bonds is 4. The van der Waals surface area contributed by atoms with Gasteiger partial charge < -0.3 is 5.32 Å². The van der Waals surface area contributed by atoms with E-state index >= 15 is 0 Å². The Morgan fingerprint density at radius 2 is 2.20 bits per heavy atom. The summed E-state index contributed by atoms with van der Waals surface area (Å²) in [7, 11) is 1.95. The van der Waals surface area contributed by atoms with Crippen LogP contribution in [0.3, 0.4) is 0 Å². The van der Waals surface area contributed by atoms with Gasteiger partial charge in [0, 0.05) is 38.1 Å². The first-order valence-electron chi connectivity index (χ1n) is 4.98. The summed E-state index contributed by atoms with van der Waals surface area (Å²) in [5, 5.41) is 7.37. The number of hydrogen-bond donors (Lipinski definition) is 1. The number of pyridine rings is 1. The zero-order valence-electron chi connectivity index (χ0n) is 8.72. The molecule has 0 saturated carbocycles. The number of nitrogens with one attached hydrogen (secondary N) is 1. The Labute approximate surface area is 89.0 Å². The Kier molecular flexibility index (Phi) is 2.97. The quantitative estimate of drug-likeness (QED) is 0.816. The van der Waals surface area contributed by atoms with Gasteiger partial charge in [-0.1, -0.05) is 6.07 Å². The van der Waals surface area contributed by atoms with Crippen LogP contribution in [0.1, 0.15) is 5.69 Å². The number of nitrogens with zero attached hydrogens (tertiary/aromatic N) is 3. The molecule has 0 fully saturated rings. The minimum atomic E-state index is 0.872. The number of hydrogen-bond acceptors (Lipinski definition) is 3. The SMILES string of the molecule is Cn1nccc1CCNc1ccccn1. The fourth-order valence-electron chi connectivity index (χ4n) is 1.43. The highest BCUT2D eigenvalue weighted by molar-refractivity contribution is 5.33. The molecule has 2 aromatic heterocycles. The van der Waals surface area contributed by atoms with E-state index in [0.717, 1.165) is 18.8 Å². The van der Waals surface area contributed by atoms with Crippen LogP contribution in [0.2, 0.25) is 0 Å². The van der Waals surface area contributed by atoms with E-state index in [9.17, 15) is 0 Å². The highest BCUT2D eigenvalue weighted by Crippen LogP contribution is 2.01. The topological polar surface area (TPSA) is 42.7 Å². The summed E-state index contributed by atoms with van der Waals surface area (Å²) in [6.45, 7) is 0.872. The van der Waals surface area contributed by atoms with E-state index in [1.54, 1.807) is 6.20 Å². The van der Waals surface area contributed by atoms with Crippen molar-refractivity contribution in [3.05, 3.63) is 42.4 Å². The first-order valence-corrected chi connectivity index (χ1v) is 4.98. The van der Waals surface area contributed by atoms with Crippen LogP contribution in [-0.4, -0.2) is 21.3 Å². The third kappa shape index (κ3) is 2.56. The van der Waals surface area contributed by atoms with Gasteiger partial charge in [-0.3, -0.25) is 4.68 Å². The van der Waals surface area contributed by atoms with E-state index < -0.39 is 0 Å². The lowest BCUT2D eigenvalue weighted by molar-refractivity contribution is 0.711. The second-order valence-electron chi connectivity index (χ2n) is 3.34. The summed E-state index contributed by atoms with van der Waals surface area (Å²) in [4.78, 5) is 4.19. The number of anilines is 1. The molecule has 0 aliphatic rings. The van der Waals surface area contributed by atoms with Crippen LogP contribution in [-0.2, 0) is 13.5 Å². The van der Waals surface area contributed by atoms with E-state index in [-0.39, 0.29) is 0 Å². The molecule has 0 aromatic carbocycles. The molecule has 0 saturated heterocycles. The Balaban J connectivity index is 1.83. The summed E-state index contributed by atoms with van der Waals surface area (Å²) in [6.07, 6.45) is 4.55. The van der Waals surface area contributed by atoms with Gasteiger partial charge in [0.05, 0.1) is 0 Å². The molecule has 0 amide bonds. The Morgan fingerprint density at radius 3 is 2.87 bits per heavy atom. The molecule has 0 spiro atoms. The second kappa shape index (κ2) is 4.59. The average Bonchev–Trinajstić information content (AvgIpc) is 2.66. The summed E-state index contributed by atoms with van der Waals surface area (Å²) in [5.74, 6) is 0.916. The predicted molar refractivity (Wildman–Crippen MR) is 59.6 cm³/mol. The van der Waals surface area contributed by atoms with E-state index in [4.69, 9.17) is 0 Å². The molecule has 4 nitrogen and oxygen atoms in total. The van der Waals surface area contributed by atoms with Gasteiger partial charge in [-0.25, -0.2) is 4.98 Å². The van der Waals surface area contributed by atoms with E-state index in [0.29, 0.717) is 0 Å². The van der Waals surface area contributed by atoms with Crippen molar-refractivity contribution in [3.63, 3.8) is 0 Å². The number of aromatic nitrogens is 3. The van der Waals surface area contributed by atoms with Gasteiger partial charge in [0.2, 0.25) is 0 Å². The molecule has 78 valence electrons. The summed E-state index contributed by atoms with van der Waals surface area (Å²) in [6, 6.07) is 7.87. The fourth-order valence-corrected chi connectivity index (χ4v) is 1.43. The van der Waals surface area contributed by atoms with Gasteiger partial charge in [-0.05, 0) is 18.2 Å². The Morgan fingerprint density at radius 1 is 1.27 bits per heavy atom.